The first-order valence-electron chi connectivity index (χ1n) is 11.0. The van der Waals surface area contributed by atoms with Crippen molar-refractivity contribution in [2.75, 3.05) is 13.1 Å². The fourth-order valence-electron chi connectivity index (χ4n) is 3.90. The van der Waals surface area contributed by atoms with Gasteiger partial charge in [-0.1, -0.05) is 48.8 Å². The molecule has 0 aliphatic carbocycles. The SMILES string of the molecule is Cc1ccc(-c2noc(C3CCN(C(=O)[C@@H](NC(=O)c4ccco4)C(C)C)CC3)n2)cc1. The first kappa shape index (κ1) is 21.8. The molecule has 1 aromatic carbocycles. The number of benzene rings is 1. The van der Waals surface area contributed by atoms with Gasteiger partial charge in [-0.15, -0.1) is 0 Å². The van der Waals surface area contributed by atoms with Crippen LogP contribution in [0.3, 0.4) is 0 Å². The average Bonchev–Trinajstić information content (AvgIpc) is 3.50. The van der Waals surface area contributed by atoms with Crippen molar-refractivity contribution in [3.8, 4) is 11.4 Å². The van der Waals surface area contributed by atoms with Crippen LogP contribution in [0.1, 0.15) is 54.6 Å². The first-order chi connectivity index (χ1) is 15.4. The van der Waals surface area contributed by atoms with Crippen molar-refractivity contribution in [3.05, 3.63) is 59.9 Å². The second-order valence-electron chi connectivity index (χ2n) is 8.59. The largest absolute Gasteiger partial charge is 0.459 e. The third-order valence-electron chi connectivity index (χ3n) is 5.87. The molecule has 0 bridgehead atoms. The van der Waals surface area contributed by atoms with Crippen LogP contribution in [-0.4, -0.2) is 46.0 Å². The van der Waals surface area contributed by atoms with Gasteiger partial charge in [0.05, 0.1) is 6.26 Å². The molecule has 2 aromatic heterocycles. The van der Waals surface area contributed by atoms with Crippen molar-refractivity contribution < 1.29 is 18.5 Å². The van der Waals surface area contributed by atoms with Gasteiger partial charge in [0.25, 0.3) is 5.91 Å². The summed E-state index contributed by atoms with van der Waals surface area (Å²) in [5.41, 5.74) is 2.10. The van der Waals surface area contributed by atoms with Crippen molar-refractivity contribution in [1.29, 1.82) is 0 Å². The predicted molar refractivity (Wildman–Crippen MR) is 118 cm³/mol. The van der Waals surface area contributed by atoms with E-state index >= 15 is 0 Å². The number of nitrogens with one attached hydrogen (secondary N) is 1. The number of rotatable bonds is 6. The molecule has 0 saturated carbocycles. The van der Waals surface area contributed by atoms with Crippen LogP contribution in [0.4, 0.5) is 0 Å². The minimum Gasteiger partial charge on any atom is -0.459 e. The molecule has 8 nitrogen and oxygen atoms in total. The summed E-state index contributed by atoms with van der Waals surface area (Å²) in [5.74, 6) is 0.991. The van der Waals surface area contributed by atoms with Crippen LogP contribution in [-0.2, 0) is 4.79 Å². The van der Waals surface area contributed by atoms with Gasteiger partial charge < -0.3 is 19.2 Å². The van der Waals surface area contributed by atoms with Crippen molar-refractivity contribution in [1.82, 2.24) is 20.4 Å². The smallest absolute Gasteiger partial charge is 0.287 e. The van der Waals surface area contributed by atoms with Crippen LogP contribution in [0.15, 0.2) is 51.6 Å². The minimum absolute atomic E-state index is 0.0489. The highest BCUT2D eigenvalue weighted by molar-refractivity contribution is 5.95. The van der Waals surface area contributed by atoms with Gasteiger partial charge in [-0.05, 0) is 37.8 Å². The molecule has 4 rings (SSSR count). The number of carbonyl (C=O) groups excluding carboxylic acids is 2. The Bertz CT molecular complexity index is 1050. The van der Waals surface area contributed by atoms with E-state index in [0.29, 0.717) is 24.8 Å². The number of nitrogens with zero attached hydrogens (tertiary/aromatic N) is 3. The molecule has 8 heteroatoms. The highest BCUT2D eigenvalue weighted by Gasteiger charge is 2.33. The molecule has 1 fully saturated rings. The van der Waals surface area contributed by atoms with E-state index in [1.165, 1.54) is 11.8 Å². The summed E-state index contributed by atoms with van der Waals surface area (Å²) >= 11 is 0. The predicted octanol–water partition coefficient (Wildman–Crippen LogP) is 3.80. The lowest BCUT2D eigenvalue weighted by atomic mass is 9.95. The van der Waals surface area contributed by atoms with Crippen LogP contribution in [0.2, 0.25) is 0 Å². The Hall–Kier alpha value is -3.42. The van der Waals surface area contributed by atoms with Crippen LogP contribution in [0.25, 0.3) is 11.4 Å². The molecule has 3 aromatic rings. The quantitative estimate of drug-likeness (QED) is 0.631. The van der Waals surface area contributed by atoms with Crippen molar-refractivity contribution in [2.24, 2.45) is 5.92 Å². The molecule has 1 aliphatic heterocycles. The number of carbonyl (C=O) groups is 2. The number of aryl methyl sites for hydroxylation is 1. The molecule has 1 saturated heterocycles. The van der Waals surface area contributed by atoms with Gasteiger partial charge >= 0.3 is 0 Å². The van der Waals surface area contributed by atoms with Crippen molar-refractivity contribution >= 4 is 11.8 Å². The topological polar surface area (TPSA) is 101 Å². The van der Waals surface area contributed by atoms with E-state index in [-0.39, 0.29) is 29.4 Å². The van der Waals surface area contributed by atoms with E-state index in [1.54, 1.807) is 17.0 Å². The summed E-state index contributed by atoms with van der Waals surface area (Å²) in [6.45, 7) is 7.02. The van der Waals surface area contributed by atoms with Gasteiger partial charge in [0, 0.05) is 24.6 Å². The van der Waals surface area contributed by atoms with Gasteiger partial charge in [-0.25, -0.2) is 0 Å². The molecule has 2 amide bonds. The fraction of sp³-hybridized carbons (Fsp3) is 0.417. The summed E-state index contributed by atoms with van der Waals surface area (Å²) in [5, 5.41) is 6.95. The number of hydrogen-bond donors (Lipinski definition) is 1. The molecule has 0 spiro atoms. The standard InChI is InChI=1S/C24H28N4O4/c1-15(2)20(25-22(29)19-5-4-14-31-19)24(30)28-12-10-18(11-13-28)23-26-21(27-32-23)17-8-6-16(3)7-9-17/h4-9,14-15,18,20H,10-13H2,1-3H3,(H,25,29)/t20-/m0/s1. The Labute approximate surface area is 187 Å². The number of likely N-dealkylation sites (tertiary alicyclic amines) is 1. The summed E-state index contributed by atoms with van der Waals surface area (Å²) in [4.78, 5) is 31.9. The zero-order valence-electron chi connectivity index (χ0n) is 18.6. The van der Waals surface area contributed by atoms with E-state index in [4.69, 9.17) is 8.94 Å². The van der Waals surface area contributed by atoms with Crippen molar-refractivity contribution in [3.63, 3.8) is 0 Å². The second-order valence-corrected chi connectivity index (χ2v) is 8.59. The third kappa shape index (κ3) is 4.74. The van der Waals surface area contributed by atoms with E-state index < -0.39 is 6.04 Å². The lowest BCUT2D eigenvalue weighted by Gasteiger charge is -2.34. The summed E-state index contributed by atoms with van der Waals surface area (Å²) in [7, 11) is 0. The number of hydrogen-bond acceptors (Lipinski definition) is 6. The maximum Gasteiger partial charge on any atom is 0.287 e. The highest BCUT2D eigenvalue weighted by atomic mass is 16.5. The second kappa shape index (κ2) is 9.38. The monoisotopic (exact) mass is 436 g/mol. The molecule has 0 radical (unpaired) electrons. The lowest BCUT2D eigenvalue weighted by molar-refractivity contribution is -0.135. The van der Waals surface area contributed by atoms with Gasteiger partial charge in [0.15, 0.2) is 5.76 Å². The van der Waals surface area contributed by atoms with E-state index in [0.717, 1.165) is 18.4 Å². The Morgan fingerprint density at radius 2 is 1.84 bits per heavy atom. The van der Waals surface area contributed by atoms with Gasteiger partial charge in [-0.3, -0.25) is 9.59 Å². The Balaban J connectivity index is 1.36. The maximum atomic E-state index is 13.1. The molecule has 1 aliphatic rings. The molecular formula is C24H28N4O4. The number of amides is 2. The summed E-state index contributed by atoms with van der Waals surface area (Å²) < 4.78 is 10.7. The molecular weight excluding hydrogens is 408 g/mol. The summed E-state index contributed by atoms with van der Waals surface area (Å²) in [6, 6.07) is 10.6. The number of piperidine rings is 1. The highest BCUT2D eigenvalue weighted by Crippen LogP contribution is 2.29. The van der Waals surface area contributed by atoms with Gasteiger partial charge in [0.1, 0.15) is 6.04 Å². The van der Waals surface area contributed by atoms with Gasteiger partial charge in [0.2, 0.25) is 17.6 Å². The fourth-order valence-corrected chi connectivity index (χ4v) is 3.90. The number of aromatic nitrogens is 2. The minimum atomic E-state index is -0.610. The Morgan fingerprint density at radius 1 is 1.12 bits per heavy atom. The maximum absolute atomic E-state index is 13.1. The summed E-state index contributed by atoms with van der Waals surface area (Å²) in [6.07, 6.45) is 2.91. The van der Waals surface area contributed by atoms with E-state index in [1.807, 2.05) is 45.0 Å². The van der Waals surface area contributed by atoms with Crippen LogP contribution >= 0.6 is 0 Å². The third-order valence-corrected chi connectivity index (χ3v) is 5.87. The Kier molecular flexibility index (Phi) is 6.39. The van der Waals surface area contributed by atoms with E-state index in [2.05, 4.69) is 15.5 Å². The first-order valence-corrected chi connectivity index (χ1v) is 11.0. The lowest BCUT2D eigenvalue weighted by Crippen LogP contribution is -2.52. The normalized spacial score (nSPS) is 15.7. The molecule has 3 heterocycles. The Morgan fingerprint density at radius 3 is 2.47 bits per heavy atom. The van der Waals surface area contributed by atoms with Crippen LogP contribution in [0.5, 0.6) is 0 Å². The molecule has 0 unspecified atom stereocenters. The van der Waals surface area contributed by atoms with E-state index in [9.17, 15) is 9.59 Å². The molecule has 168 valence electrons. The molecule has 1 N–H and O–H groups in total. The zero-order valence-corrected chi connectivity index (χ0v) is 18.6. The average molecular weight is 437 g/mol. The molecule has 32 heavy (non-hydrogen) atoms. The molecule has 1 atom stereocenters. The van der Waals surface area contributed by atoms with Gasteiger partial charge in [-0.2, -0.15) is 4.98 Å². The van der Waals surface area contributed by atoms with Crippen LogP contribution in [0, 0.1) is 12.8 Å². The van der Waals surface area contributed by atoms with Crippen molar-refractivity contribution in [2.45, 2.75) is 45.6 Å². The van der Waals surface area contributed by atoms with Crippen LogP contribution < -0.4 is 5.32 Å². The zero-order chi connectivity index (χ0) is 22.7. The number of furan rings is 1.